The van der Waals surface area contributed by atoms with E-state index < -0.39 is 0 Å². The molecule has 0 aliphatic rings. The second-order valence-corrected chi connectivity index (χ2v) is 3.29. The second kappa shape index (κ2) is 5.11. The summed E-state index contributed by atoms with van der Waals surface area (Å²) in [7, 11) is 0. The fourth-order valence-corrected chi connectivity index (χ4v) is 1.09. The van der Waals surface area contributed by atoms with E-state index in [1.54, 1.807) is 13.0 Å². The molecule has 0 bridgehead atoms. The van der Waals surface area contributed by atoms with Crippen molar-refractivity contribution >= 4 is 5.78 Å². The molecule has 0 N–H and O–H groups in total. The van der Waals surface area contributed by atoms with Gasteiger partial charge in [-0.15, -0.1) is 0 Å². The van der Waals surface area contributed by atoms with Crippen LogP contribution in [0.3, 0.4) is 0 Å². The average Bonchev–Trinajstić information content (AvgIpc) is 1.87. The third-order valence-corrected chi connectivity index (χ3v) is 1.91. The van der Waals surface area contributed by atoms with Gasteiger partial charge in [-0.05, 0) is 31.3 Å². The van der Waals surface area contributed by atoms with Crippen molar-refractivity contribution in [2.24, 2.45) is 11.8 Å². The molecule has 1 heteroatoms. The molecule has 0 radical (unpaired) electrons. The molecule has 1 unspecified atom stereocenters. The van der Waals surface area contributed by atoms with Gasteiger partial charge in [0.25, 0.3) is 0 Å². The SMILES string of the molecule is CCC(C=CC(C)=O)C(C)C. The van der Waals surface area contributed by atoms with Gasteiger partial charge in [0.15, 0.2) is 5.78 Å². The summed E-state index contributed by atoms with van der Waals surface area (Å²) in [5.74, 6) is 1.33. The van der Waals surface area contributed by atoms with E-state index in [0.29, 0.717) is 11.8 Å². The Morgan fingerprint density at radius 1 is 1.45 bits per heavy atom. The lowest BCUT2D eigenvalue weighted by atomic mass is 9.93. The van der Waals surface area contributed by atoms with Crippen molar-refractivity contribution in [2.45, 2.75) is 34.1 Å². The molecule has 0 saturated carbocycles. The van der Waals surface area contributed by atoms with E-state index in [4.69, 9.17) is 0 Å². The molecule has 64 valence electrons. The summed E-state index contributed by atoms with van der Waals surface area (Å²) in [6.07, 6.45) is 4.81. The Bertz CT molecular complexity index is 145. The fraction of sp³-hybridized carbons (Fsp3) is 0.700. The van der Waals surface area contributed by atoms with Gasteiger partial charge in [0.1, 0.15) is 0 Å². The number of carbonyl (C=O) groups is 1. The summed E-state index contributed by atoms with van der Waals surface area (Å²) in [4.78, 5) is 10.6. The minimum absolute atomic E-state index is 0.143. The Hall–Kier alpha value is -0.590. The standard InChI is InChI=1S/C10H18O/c1-5-10(8(2)3)7-6-9(4)11/h6-8,10H,5H2,1-4H3. The van der Waals surface area contributed by atoms with Gasteiger partial charge in [-0.25, -0.2) is 0 Å². The van der Waals surface area contributed by atoms with E-state index in [-0.39, 0.29) is 5.78 Å². The first-order valence-electron chi connectivity index (χ1n) is 4.26. The zero-order valence-corrected chi connectivity index (χ0v) is 7.92. The quantitative estimate of drug-likeness (QED) is 0.569. The minimum Gasteiger partial charge on any atom is -0.295 e. The highest BCUT2D eigenvalue weighted by atomic mass is 16.1. The number of ketones is 1. The molecular weight excluding hydrogens is 136 g/mol. The highest BCUT2D eigenvalue weighted by Gasteiger charge is 2.05. The van der Waals surface area contributed by atoms with Gasteiger partial charge in [0, 0.05) is 0 Å². The first-order valence-corrected chi connectivity index (χ1v) is 4.26. The summed E-state index contributed by atoms with van der Waals surface area (Å²) in [6, 6.07) is 0. The van der Waals surface area contributed by atoms with E-state index in [1.165, 1.54) is 0 Å². The van der Waals surface area contributed by atoms with Crippen LogP contribution >= 0.6 is 0 Å². The van der Waals surface area contributed by atoms with Crippen LogP contribution in [0.2, 0.25) is 0 Å². The number of hydrogen-bond donors (Lipinski definition) is 0. The van der Waals surface area contributed by atoms with Crippen LogP contribution in [0, 0.1) is 11.8 Å². The highest BCUT2D eigenvalue weighted by molar-refractivity contribution is 5.87. The van der Waals surface area contributed by atoms with E-state index in [1.807, 2.05) is 6.08 Å². The zero-order chi connectivity index (χ0) is 8.85. The van der Waals surface area contributed by atoms with Crippen molar-refractivity contribution in [3.8, 4) is 0 Å². The summed E-state index contributed by atoms with van der Waals surface area (Å²) in [5.41, 5.74) is 0. The van der Waals surface area contributed by atoms with Gasteiger partial charge in [-0.3, -0.25) is 4.79 Å². The molecule has 0 aromatic rings. The Morgan fingerprint density at radius 2 is 2.00 bits per heavy atom. The molecule has 1 nitrogen and oxygen atoms in total. The van der Waals surface area contributed by atoms with Crippen LogP contribution in [0.1, 0.15) is 34.1 Å². The molecule has 0 amide bonds. The molecule has 0 heterocycles. The van der Waals surface area contributed by atoms with Crippen molar-refractivity contribution in [3.05, 3.63) is 12.2 Å². The average molecular weight is 154 g/mol. The Kier molecular flexibility index (Phi) is 4.84. The maximum absolute atomic E-state index is 10.6. The summed E-state index contributed by atoms with van der Waals surface area (Å²) in [6.45, 7) is 8.09. The number of allylic oxidation sites excluding steroid dienone is 2. The second-order valence-electron chi connectivity index (χ2n) is 3.29. The molecule has 0 aliphatic carbocycles. The summed E-state index contributed by atoms with van der Waals surface area (Å²) >= 11 is 0. The Morgan fingerprint density at radius 3 is 2.27 bits per heavy atom. The van der Waals surface area contributed by atoms with Gasteiger partial charge in [0.05, 0.1) is 0 Å². The smallest absolute Gasteiger partial charge is 0.152 e. The molecule has 0 spiro atoms. The Balaban J connectivity index is 3.97. The number of carbonyl (C=O) groups excluding carboxylic acids is 1. The minimum atomic E-state index is 0.143. The van der Waals surface area contributed by atoms with Crippen LogP contribution < -0.4 is 0 Å². The molecule has 0 fully saturated rings. The topological polar surface area (TPSA) is 17.1 Å². The first-order chi connectivity index (χ1) is 5.07. The van der Waals surface area contributed by atoms with Gasteiger partial charge in [0.2, 0.25) is 0 Å². The summed E-state index contributed by atoms with van der Waals surface area (Å²) < 4.78 is 0. The molecule has 1 atom stereocenters. The molecule has 0 saturated heterocycles. The molecule has 0 aliphatic heterocycles. The van der Waals surface area contributed by atoms with E-state index in [9.17, 15) is 4.79 Å². The molecule has 11 heavy (non-hydrogen) atoms. The summed E-state index contributed by atoms with van der Waals surface area (Å²) in [5, 5.41) is 0. The monoisotopic (exact) mass is 154 g/mol. The third-order valence-electron chi connectivity index (χ3n) is 1.91. The first kappa shape index (κ1) is 10.4. The largest absolute Gasteiger partial charge is 0.295 e. The van der Waals surface area contributed by atoms with Crippen LogP contribution in [0.15, 0.2) is 12.2 Å². The predicted molar refractivity (Wildman–Crippen MR) is 48.4 cm³/mol. The lowest BCUT2D eigenvalue weighted by Gasteiger charge is -2.13. The van der Waals surface area contributed by atoms with Crippen LogP contribution in [0.25, 0.3) is 0 Å². The van der Waals surface area contributed by atoms with Crippen molar-refractivity contribution in [1.82, 2.24) is 0 Å². The predicted octanol–water partition coefficient (Wildman–Crippen LogP) is 2.81. The molecule has 0 rings (SSSR count). The van der Waals surface area contributed by atoms with Gasteiger partial charge < -0.3 is 0 Å². The lowest BCUT2D eigenvalue weighted by molar-refractivity contribution is -0.112. The maximum atomic E-state index is 10.6. The van der Waals surface area contributed by atoms with Crippen LogP contribution in [0.5, 0.6) is 0 Å². The van der Waals surface area contributed by atoms with Crippen LogP contribution in [-0.2, 0) is 4.79 Å². The van der Waals surface area contributed by atoms with Gasteiger partial charge in [-0.2, -0.15) is 0 Å². The van der Waals surface area contributed by atoms with Crippen molar-refractivity contribution < 1.29 is 4.79 Å². The van der Waals surface area contributed by atoms with Crippen LogP contribution in [-0.4, -0.2) is 5.78 Å². The van der Waals surface area contributed by atoms with Crippen molar-refractivity contribution in [1.29, 1.82) is 0 Å². The van der Waals surface area contributed by atoms with Gasteiger partial charge >= 0.3 is 0 Å². The van der Waals surface area contributed by atoms with Gasteiger partial charge in [-0.1, -0.05) is 26.8 Å². The van der Waals surface area contributed by atoms with E-state index >= 15 is 0 Å². The molecular formula is C10H18O. The van der Waals surface area contributed by atoms with Crippen molar-refractivity contribution in [3.63, 3.8) is 0 Å². The zero-order valence-electron chi connectivity index (χ0n) is 7.92. The van der Waals surface area contributed by atoms with E-state index in [2.05, 4.69) is 20.8 Å². The van der Waals surface area contributed by atoms with Crippen molar-refractivity contribution in [2.75, 3.05) is 0 Å². The Labute approximate surface area is 69.5 Å². The lowest BCUT2D eigenvalue weighted by Crippen LogP contribution is -2.03. The maximum Gasteiger partial charge on any atom is 0.152 e. The number of hydrogen-bond acceptors (Lipinski definition) is 1. The fourth-order valence-electron chi connectivity index (χ4n) is 1.09. The highest BCUT2D eigenvalue weighted by Crippen LogP contribution is 2.15. The normalized spacial score (nSPS) is 14.3. The number of rotatable bonds is 4. The van der Waals surface area contributed by atoms with E-state index in [0.717, 1.165) is 6.42 Å². The van der Waals surface area contributed by atoms with Crippen LogP contribution in [0.4, 0.5) is 0 Å². The third kappa shape index (κ3) is 4.77. The molecule has 0 aromatic heterocycles. The molecule has 0 aromatic carbocycles.